The summed E-state index contributed by atoms with van der Waals surface area (Å²) in [7, 11) is 0. The van der Waals surface area contributed by atoms with Crippen LogP contribution >= 0.6 is 11.6 Å². The van der Waals surface area contributed by atoms with Crippen molar-refractivity contribution in [3.63, 3.8) is 0 Å². The second-order valence-electron chi connectivity index (χ2n) is 7.86. The van der Waals surface area contributed by atoms with Crippen LogP contribution < -0.4 is 5.32 Å². The van der Waals surface area contributed by atoms with Gasteiger partial charge in [-0.3, -0.25) is 9.69 Å². The van der Waals surface area contributed by atoms with Crippen LogP contribution in [-0.4, -0.2) is 34.0 Å². The summed E-state index contributed by atoms with van der Waals surface area (Å²) in [5, 5.41) is 7.50. The molecule has 2 heterocycles. The van der Waals surface area contributed by atoms with E-state index in [-0.39, 0.29) is 18.1 Å². The number of nitrogens with zero attached hydrogens (tertiary/aromatic N) is 3. The lowest BCUT2D eigenvalue weighted by molar-refractivity contribution is -0.116. The van der Waals surface area contributed by atoms with Crippen LogP contribution in [0.2, 0.25) is 5.02 Å². The fourth-order valence-corrected chi connectivity index (χ4v) is 3.63. The van der Waals surface area contributed by atoms with Gasteiger partial charge in [0, 0.05) is 43.2 Å². The quantitative estimate of drug-likeness (QED) is 0.542. The Labute approximate surface area is 191 Å². The molecule has 6 nitrogen and oxygen atoms in total. The molecule has 0 aliphatic carbocycles. The summed E-state index contributed by atoms with van der Waals surface area (Å²) in [6.07, 6.45) is 3.44. The van der Waals surface area contributed by atoms with Gasteiger partial charge in [-0.15, -0.1) is 0 Å². The Kier molecular flexibility index (Phi) is 6.97. The Balaban J connectivity index is 1.27. The number of amides is 1. The number of hydrogen-bond donors (Lipinski definition) is 1. The maximum atomic E-state index is 13.6. The highest BCUT2D eigenvalue weighted by molar-refractivity contribution is 6.30. The minimum absolute atomic E-state index is 0.172. The first-order chi connectivity index (χ1) is 15.5. The first kappa shape index (κ1) is 22.2. The number of carbonyl (C=O) groups excluding carboxylic acids is 1. The van der Waals surface area contributed by atoms with Gasteiger partial charge in [0.2, 0.25) is 11.8 Å². The van der Waals surface area contributed by atoms with Crippen LogP contribution in [0.15, 0.2) is 53.1 Å². The standard InChI is InChI=1S/C24H24ClFN4O2/c1-16-2-7-20(14-21(16)26)27-22(31)8-9-23-28-24(29-32-23)18-10-12-30(13-11-18)15-17-3-5-19(25)6-4-17/h2-7,10,14H,8-9,11-13,15H2,1H3,(H,27,31). The van der Waals surface area contributed by atoms with Gasteiger partial charge in [0.25, 0.3) is 0 Å². The molecule has 0 radical (unpaired) electrons. The highest BCUT2D eigenvalue weighted by Crippen LogP contribution is 2.22. The first-order valence-corrected chi connectivity index (χ1v) is 10.9. The first-order valence-electron chi connectivity index (χ1n) is 10.5. The highest BCUT2D eigenvalue weighted by Gasteiger charge is 2.18. The van der Waals surface area contributed by atoms with Crippen molar-refractivity contribution in [3.05, 3.63) is 82.2 Å². The van der Waals surface area contributed by atoms with Gasteiger partial charge in [0.1, 0.15) is 5.82 Å². The molecular formula is C24H24ClFN4O2. The molecule has 0 bridgehead atoms. The van der Waals surface area contributed by atoms with Crippen LogP contribution in [-0.2, 0) is 17.8 Å². The molecule has 0 spiro atoms. The van der Waals surface area contributed by atoms with E-state index in [1.54, 1.807) is 19.1 Å². The Morgan fingerprint density at radius 3 is 2.78 bits per heavy atom. The lowest BCUT2D eigenvalue weighted by Gasteiger charge is -2.25. The number of aromatic nitrogens is 2. The smallest absolute Gasteiger partial charge is 0.227 e. The molecule has 166 valence electrons. The van der Waals surface area contributed by atoms with Gasteiger partial charge < -0.3 is 9.84 Å². The summed E-state index contributed by atoms with van der Waals surface area (Å²) in [4.78, 5) is 18.9. The van der Waals surface area contributed by atoms with E-state index in [4.69, 9.17) is 16.1 Å². The number of nitrogens with one attached hydrogen (secondary N) is 1. The van der Waals surface area contributed by atoms with Gasteiger partial charge in [-0.2, -0.15) is 4.98 Å². The third-order valence-electron chi connectivity index (χ3n) is 5.39. The molecule has 1 aliphatic rings. The summed E-state index contributed by atoms with van der Waals surface area (Å²) in [5.74, 6) is 0.404. The van der Waals surface area contributed by atoms with E-state index >= 15 is 0 Å². The third-order valence-corrected chi connectivity index (χ3v) is 5.64. The van der Waals surface area contributed by atoms with Gasteiger partial charge >= 0.3 is 0 Å². The molecule has 3 aromatic rings. The Morgan fingerprint density at radius 2 is 2.06 bits per heavy atom. The van der Waals surface area contributed by atoms with Gasteiger partial charge in [0.15, 0.2) is 5.82 Å². The zero-order valence-corrected chi connectivity index (χ0v) is 18.5. The molecular weight excluding hydrogens is 431 g/mol. The number of halogens is 2. The average molecular weight is 455 g/mol. The number of rotatable bonds is 7. The number of carbonyl (C=O) groups is 1. The Bertz CT molecular complexity index is 1130. The van der Waals surface area contributed by atoms with E-state index in [1.807, 2.05) is 24.3 Å². The lowest BCUT2D eigenvalue weighted by Crippen LogP contribution is -2.28. The van der Waals surface area contributed by atoms with Crippen molar-refractivity contribution < 1.29 is 13.7 Å². The van der Waals surface area contributed by atoms with Crippen molar-refractivity contribution in [2.45, 2.75) is 32.7 Å². The number of anilines is 1. The molecule has 0 saturated heterocycles. The second kappa shape index (κ2) is 10.1. The molecule has 1 amide bonds. The topological polar surface area (TPSA) is 71.3 Å². The van der Waals surface area contributed by atoms with Gasteiger partial charge in [-0.25, -0.2) is 4.39 Å². The van der Waals surface area contributed by atoms with Crippen molar-refractivity contribution >= 4 is 28.8 Å². The van der Waals surface area contributed by atoms with E-state index in [9.17, 15) is 9.18 Å². The van der Waals surface area contributed by atoms with E-state index in [1.165, 1.54) is 11.6 Å². The van der Waals surface area contributed by atoms with E-state index < -0.39 is 0 Å². The van der Waals surface area contributed by atoms with Crippen molar-refractivity contribution in [2.24, 2.45) is 0 Å². The van der Waals surface area contributed by atoms with Crippen LogP contribution in [0.4, 0.5) is 10.1 Å². The molecule has 0 fully saturated rings. The van der Waals surface area contributed by atoms with Crippen LogP contribution in [0.25, 0.3) is 5.57 Å². The molecule has 2 aromatic carbocycles. The molecule has 1 aromatic heterocycles. The zero-order valence-electron chi connectivity index (χ0n) is 17.8. The molecule has 1 N–H and O–H groups in total. The van der Waals surface area contributed by atoms with Gasteiger partial charge in [-0.1, -0.05) is 41.0 Å². The zero-order chi connectivity index (χ0) is 22.5. The number of hydrogen-bond acceptors (Lipinski definition) is 5. The Hall–Kier alpha value is -3.03. The molecule has 1 aliphatic heterocycles. The summed E-state index contributed by atoms with van der Waals surface area (Å²) in [5.41, 5.74) is 3.23. The minimum atomic E-state index is -0.350. The summed E-state index contributed by atoms with van der Waals surface area (Å²) in [6.45, 7) is 4.23. The van der Waals surface area contributed by atoms with Crippen LogP contribution in [0, 0.1) is 12.7 Å². The van der Waals surface area contributed by atoms with E-state index in [2.05, 4.69) is 26.4 Å². The van der Waals surface area contributed by atoms with E-state index in [0.717, 1.165) is 36.7 Å². The summed E-state index contributed by atoms with van der Waals surface area (Å²) in [6, 6.07) is 12.5. The maximum Gasteiger partial charge on any atom is 0.227 e. The molecule has 0 atom stereocenters. The SMILES string of the molecule is Cc1ccc(NC(=O)CCc2nc(C3=CCN(Cc4ccc(Cl)cc4)CC3)no2)cc1F. The van der Waals surface area contributed by atoms with Gasteiger partial charge in [0.05, 0.1) is 0 Å². The summed E-state index contributed by atoms with van der Waals surface area (Å²) >= 11 is 5.95. The lowest BCUT2D eigenvalue weighted by atomic mass is 10.1. The van der Waals surface area contributed by atoms with Crippen molar-refractivity contribution in [1.29, 1.82) is 0 Å². The fraction of sp³-hybridized carbons (Fsp3) is 0.292. The molecule has 0 unspecified atom stereocenters. The van der Waals surface area contributed by atoms with Crippen molar-refractivity contribution in [2.75, 3.05) is 18.4 Å². The Morgan fingerprint density at radius 1 is 1.25 bits per heavy atom. The van der Waals surface area contributed by atoms with Crippen LogP contribution in [0.3, 0.4) is 0 Å². The van der Waals surface area contributed by atoms with Crippen LogP contribution in [0.1, 0.15) is 35.7 Å². The molecule has 4 rings (SSSR count). The minimum Gasteiger partial charge on any atom is -0.339 e. The number of aryl methyl sites for hydroxylation is 2. The third kappa shape index (κ3) is 5.81. The van der Waals surface area contributed by atoms with Crippen LogP contribution in [0.5, 0.6) is 0 Å². The molecule has 32 heavy (non-hydrogen) atoms. The number of benzene rings is 2. The highest BCUT2D eigenvalue weighted by atomic mass is 35.5. The fourth-order valence-electron chi connectivity index (χ4n) is 3.51. The largest absolute Gasteiger partial charge is 0.339 e. The molecule has 0 saturated carbocycles. The van der Waals surface area contributed by atoms with E-state index in [0.29, 0.717) is 29.4 Å². The summed E-state index contributed by atoms with van der Waals surface area (Å²) < 4.78 is 18.9. The van der Waals surface area contributed by atoms with Crippen molar-refractivity contribution in [3.8, 4) is 0 Å². The van der Waals surface area contributed by atoms with Crippen molar-refractivity contribution in [1.82, 2.24) is 15.0 Å². The van der Waals surface area contributed by atoms with Gasteiger partial charge in [-0.05, 0) is 54.3 Å². The maximum absolute atomic E-state index is 13.6. The monoisotopic (exact) mass is 454 g/mol. The predicted molar refractivity (Wildman–Crippen MR) is 122 cm³/mol. The average Bonchev–Trinajstić information content (AvgIpc) is 3.26. The predicted octanol–water partition coefficient (Wildman–Crippen LogP) is 5.03. The normalized spacial score (nSPS) is 14.3. The molecule has 8 heteroatoms. The second-order valence-corrected chi connectivity index (χ2v) is 8.30.